The Kier molecular flexibility index (Phi) is 3.68. The van der Waals surface area contributed by atoms with Crippen molar-refractivity contribution in [3.8, 4) is 0 Å². The van der Waals surface area contributed by atoms with Crippen molar-refractivity contribution in [3.05, 3.63) is 64.3 Å². The third-order valence-electron chi connectivity index (χ3n) is 3.24. The Hall–Kier alpha value is -3.35. The summed E-state index contributed by atoms with van der Waals surface area (Å²) < 4.78 is 4.67. The molecule has 0 bridgehead atoms. The predicted octanol–water partition coefficient (Wildman–Crippen LogP) is 1.10. The summed E-state index contributed by atoms with van der Waals surface area (Å²) in [6.07, 6.45) is 0. The van der Waals surface area contributed by atoms with Crippen LogP contribution in [0.1, 0.15) is 20.7 Å². The number of rotatable bonds is 3. The van der Waals surface area contributed by atoms with E-state index in [1.54, 1.807) is 30.3 Å². The predicted molar refractivity (Wildman–Crippen MR) is 79.9 cm³/mol. The van der Waals surface area contributed by atoms with Gasteiger partial charge in [-0.05, 0) is 30.3 Å². The van der Waals surface area contributed by atoms with Gasteiger partial charge in [0, 0.05) is 5.69 Å². The molecule has 0 fully saturated rings. The molecule has 0 spiro atoms. The van der Waals surface area contributed by atoms with Crippen LogP contribution in [0.25, 0.3) is 0 Å². The number of carbonyl (C=O) groups excluding carboxylic acids is 3. The third kappa shape index (κ3) is 2.84. The lowest BCUT2D eigenvalue weighted by Gasteiger charge is -2.08. The third-order valence-corrected chi connectivity index (χ3v) is 3.24. The van der Waals surface area contributed by atoms with Gasteiger partial charge in [-0.15, -0.1) is 0 Å². The molecular formula is C16H11N3O4. The number of esters is 1. The lowest BCUT2D eigenvalue weighted by atomic mass is 10.1. The van der Waals surface area contributed by atoms with Crippen molar-refractivity contribution in [2.24, 2.45) is 9.98 Å². The van der Waals surface area contributed by atoms with Crippen LogP contribution in [0.15, 0.2) is 52.4 Å². The number of benzene rings is 2. The van der Waals surface area contributed by atoms with Crippen molar-refractivity contribution in [2.75, 3.05) is 12.4 Å². The molecule has 1 heterocycles. The molecule has 3 rings (SSSR count). The van der Waals surface area contributed by atoms with Crippen molar-refractivity contribution in [1.82, 2.24) is 0 Å². The molecule has 0 unspecified atom stereocenters. The minimum absolute atomic E-state index is 0.170. The first-order chi connectivity index (χ1) is 11.1. The number of urea groups is 1. The average Bonchev–Trinajstić information content (AvgIpc) is 2.93. The number of ether oxygens (including phenoxy) is 1. The van der Waals surface area contributed by atoms with Crippen LogP contribution in [0.3, 0.4) is 0 Å². The molecule has 0 saturated carbocycles. The summed E-state index contributed by atoms with van der Waals surface area (Å²) in [6.45, 7) is 0. The zero-order valence-corrected chi connectivity index (χ0v) is 12.1. The Bertz CT molecular complexity index is 950. The van der Waals surface area contributed by atoms with E-state index in [4.69, 9.17) is 0 Å². The van der Waals surface area contributed by atoms with Crippen molar-refractivity contribution >= 4 is 23.6 Å². The van der Waals surface area contributed by atoms with Crippen LogP contribution in [0.2, 0.25) is 0 Å². The Morgan fingerprint density at radius 2 is 1.70 bits per heavy atom. The first-order valence-corrected chi connectivity index (χ1v) is 6.68. The molecule has 0 atom stereocenters. The van der Waals surface area contributed by atoms with Gasteiger partial charge in [0.05, 0.1) is 29.0 Å². The summed E-state index contributed by atoms with van der Waals surface area (Å²) >= 11 is 0. The molecule has 23 heavy (non-hydrogen) atoms. The van der Waals surface area contributed by atoms with E-state index in [1.165, 1.54) is 19.2 Å². The zero-order chi connectivity index (χ0) is 16.4. The molecule has 2 aromatic rings. The van der Waals surface area contributed by atoms with Gasteiger partial charge in [0.2, 0.25) is 0 Å². The summed E-state index contributed by atoms with van der Waals surface area (Å²) in [5, 5.41) is 3.52. The number of methoxy groups -OCH3 is 1. The van der Waals surface area contributed by atoms with E-state index in [0.717, 1.165) is 0 Å². The fourth-order valence-corrected chi connectivity index (χ4v) is 2.18. The first kappa shape index (κ1) is 14.6. The molecule has 7 heteroatoms. The van der Waals surface area contributed by atoms with Gasteiger partial charge in [-0.2, -0.15) is 9.98 Å². The van der Waals surface area contributed by atoms with Crippen LogP contribution in [-0.4, -0.2) is 25.0 Å². The van der Waals surface area contributed by atoms with Gasteiger partial charge in [-0.3, -0.25) is 4.79 Å². The molecule has 0 aromatic heterocycles. The quantitative estimate of drug-likeness (QED) is 0.858. The number of hydrogen-bond donors (Lipinski definition) is 1. The smallest absolute Gasteiger partial charge is 0.368 e. The maximum atomic E-state index is 12.4. The molecule has 0 aliphatic carbocycles. The second-order valence-electron chi connectivity index (χ2n) is 4.70. The number of nitrogens with one attached hydrogen (secondary N) is 1. The lowest BCUT2D eigenvalue weighted by molar-refractivity contribution is 0.0597. The van der Waals surface area contributed by atoms with Crippen molar-refractivity contribution in [3.63, 3.8) is 0 Å². The van der Waals surface area contributed by atoms with Crippen LogP contribution < -0.4 is 16.0 Å². The minimum Gasteiger partial charge on any atom is -0.465 e. The van der Waals surface area contributed by atoms with Crippen molar-refractivity contribution in [2.45, 2.75) is 0 Å². The highest BCUT2D eigenvalue weighted by atomic mass is 16.5. The van der Waals surface area contributed by atoms with Crippen molar-refractivity contribution in [1.29, 1.82) is 0 Å². The summed E-state index contributed by atoms with van der Waals surface area (Å²) in [7, 11) is 1.25. The molecule has 7 nitrogen and oxygen atoms in total. The van der Waals surface area contributed by atoms with E-state index in [9.17, 15) is 14.4 Å². The van der Waals surface area contributed by atoms with E-state index in [0.29, 0.717) is 16.4 Å². The Morgan fingerprint density at radius 3 is 2.43 bits per heavy atom. The summed E-state index contributed by atoms with van der Waals surface area (Å²) in [5.74, 6) is -1.06. The van der Waals surface area contributed by atoms with Crippen LogP contribution >= 0.6 is 0 Å². The maximum Gasteiger partial charge on any atom is 0.368 e. The zero-order valence-electron chi connectivity index (χ0n) is 12.1. The van der Waals surface area contributed by atoms with E-state index in [1.807, 2.05) is 0 Å². The Morgan fingerprint density at radius 1 is 1.00 bits per heavy atom. The van der Waals surface area contributed by atoms with Gasteiger partial charge in [-0.25, -0.2) is 9.59 Å². The van der Waals surface area contributed by atoms with Gasteiger partial charge in [0.25, 0.3) is 5.91 Å². The first-order valence-electron chi connectivity index (χ1n) is 6.68. The molecule has 0 saturated heterocycles. The van der Waals surface area contributed by atoms with Gasteiger partial charge in [0.15, 0.2) is 0 Å². The van der Waals surface area contributed by atoms with Crippen LogP contribution in [0, 0.1) is 0 Å². The molecule has 2 aromatic carbocycles. The highest BCUT2D eigenvalue weighted by molar-refractivity contribution is 6.11. The highest BCUT2D eigenvalue weighted by Gasteiger charge is 2.17. The van der Waals surface area contributed by atoms with E-state index < -0.39 is 17.9 Å². The van der Waals surface area contributed by atoms with E-state index in [2.05, 4.69) is 20.0 Å². The van der Waals surface area contributed by atoms with Gasteiger partial charge in [-0.1, -0.05) is 12.1 Å². The number of fused-ring (bicyclic) bond motifs is 1. The fourth-order valence-electron chi connectivity index (χ4n) is 2.18. The Labute approximate surface area is 130 Å². The number of nitrogens with zero attached hydrogens (tertiary/aromatic N) is 2. The second kappa shape index (κ2) is 5.80. The monoisotopic (exact) mass is 309 g/mol. The molecule has 114 valence electrons. The molecule has 1 aliphatic rings. The Balaban J connectivity index is 1.91. The highest BCUT2D eigenvalue weighted by Crippen LogP contribution is 2.13. The average molecular weight is 309 g/mol. The van der Waals surface area contributed by atoms with Gasteiger partial charge < -0.3 is 10.1 Å². The van der Waals surface area contributed by atoms with Crippen LogP contribution in [0.4, 0.5) is 10.5 Å². The molecule has 3 amide bonds. The summed E-state index contributed by atoms with van der Waals surface area (Å²) in [4.78, 5) is 42.6. The van der Waals surface area contributed by atoms with Crippen molar-refractivity contribution < 1.29 is 19.1 Å². The number of carbonyl (C=O) groups is 3. The minimum atomic E-state index is -0.593. The van der Waals surface area contributed by atoms with E-state index in [-0.39, 0.29) is 11.1 Å². The number of amides is 3. The molecule has 0 radical (unpaired) electrons. The second-order valence-corrected chi connectivity index (χ2v) is 4.70. The summed E-state index contributed by atoms with van der Waals surface area (Å²) in [5.41, 5.74) is 0.808. The number of anilines is 1. The van der Waals surface area contributed by atoms with E-state index >= 15 is 0 Å². The number of hydrogen-bond acceptors (Lipinski definition) is 4. The normalized spacial score (nSPS) is 12.0. The van der Waals surface area contributed by atoms with Gasteiger partial charge in [0.1, 0.15) is 0 Å². The largest absolute Gasteiger partial charge is 0.465 e. The topological polar surface area (TPSA) is 97.2 Å². The molecule has 1 N–H and O–H groups in total. The van der Waals surface area contributed by atoms with Crippen LogP contribution in [0.5, 0.6) is 0 Å². The fraction of sp³-hybridized carbons (Fsp3) is 0.0625. The standard InChI is InChI=1S/C16H11N3O4/c1-23-15(21)11-5-3-2-4-10(11)14(20)17-9-6-7-12-13(8-9)19-16(22)18-12/h2-8H,1H3,(H,17,20). The molecule has 1 aliphatic heterocycles. The van der Waals surface area contributed by atoms with Crippen LogP contribution in [-0.2, 0) is 4.74 Å². The summed E-state index contributed by atoms with van der Waals surface area (Å²) in [6, 6.07) is 10.5. The molecular weight excluding hydrogens is 298 g/mol. The maximum absolute atomic E-state index is 12.4. The SMILES string of the molecule is COC(=O)c1ccccc1C(=O)Nc1ccc2c(c1)=NC(=O)N=2. The van der Waals surface area contributed by atoms with Gasteiger partial charge >= 0.3 is 12.0 Å². The lowest BCUT2D eigenvalue weighted by Crippen LogP contribution is -2.23.